The second-order valence-electron chi connectivity index (χ2n) is 4.00. The molecule has 0 heterocycles. The van der Waals surface area contributed by atoms with E-state index in [0.29, 0.717) is 5.92 Å². The Balaban J connectivity index is 2.41. The molecule has 0 amide bonds. The fourth-order valence-corrected chi connectivity index (χ4v) is 2.56. The van der Waals surface area contributed by atoms with Crippen molar-refractivity contribution in [1.29, 1.82) is 0 Å². The predicted molar refractivity (Wildman–Crippen MR) is 74.4 cm³/mol. The van der Waals surface area contributed by atoms with Crippen LogP contribution in [-0.2, 0) is 0 Å². The summed E-state index contributed by atoms with van der Waals surface area (Å²) in [5.41, 5.74) is 2.82. The molecule has 0 spiro atoms. The Morgan fingerprint density at radius 1 is 0.938 bits per heavy atom. The summed E-state index contributed by atoms with van der Waals surface area (Å²) in [5.74, 6) is 0.509. The van der Waals surface area contributed by atoms with Gasteiger partial charge in [0.1, 0.15) is 0 Å². The fraction of sp³-hybridized carbons (Fsp3) is 0.200. The van der Waals surface area contributed by atoms with E-state index < -0.39 is 0 Å². The minimum atomic E-state index is 0.509. The molecule has 0 fully saturated rings. The molecule has 0 N–H and O–H groups in total. The summed E-state index contributed by atoms with van der Waals surface area (Å²) >= 11 is 0. The molecular formula is C15H17P. The fourth-order valence-electron chi connectivity index (χ4n) is 2.15. The SMILES string of the molecule is CCC(c1ccccc1)c1ccccc1P. The minimum Gasteiger partial charge on any atom is -0.105 e. The van der Waals surface area contributed by atoms with Crippen molar-refractivity contribution >= 4 is 14.5 Å². The predicted octanol–water partition coefficient (Wildman–Crippen LogP) is 3.73. The van der Waals surface area contributed by atoms with Gasteiger partial charge >= 0.3 is 0 Å². The highest BCUT2D eigenvalue weighted by Crippen LogP contribution is 2.27. The van der Waals surface area contributed by atoms with Crippen LogP contribution in [0.1, 0.15) is 30.4 Å². The summed E-state index contributed by atoms with van der Waals surface area (Å²) in [6.45, 7) is 2.24. The van der Waals surface area contributed by atoms with Gasteiger partial charge in [0.15, 0.2) is 0 Å². The Labute approximate surface area is 99.9 Å². The zero-order valence-electron chi connectivity index (χ0n) is 9.56. The third kappa shape index (κ3) is 2.33. The van der Waals surface area contributed by atoms with Crippen LogP contribution in [0.5, 0.6) is 0 Å². The van der Waals surface area contributed by atoms with Gasteiger partial charge < -0.3 is 0 Å². The Kier molecular flexibility index (Phi) is 3.74. The first-order valence-corrected chi connectivity index (χ1v) is 6.30. The molecule has 0 aliphatic carbocycles. The molecule has 0 bridgehead atoms. The number of rotatable bonds is 3. The second-order valence-corrected chi connectivity index (χ2v) is 4.62. The van der Waals surface area contributed by atoms with Gasteiger partial charge in [0.2, 0.25) is 0 Å². The van der Waals surface area contributed by atoms with Crippen molar-refractivity contribution in [1.82, 2.24) is 0 Å². The van der Waals surface area contributed by atoms with E-state index in [0.717, 1.165) is 6.42 Å². The summed E-state index contributed by atoms with van der Waals surface area (Å²) in [5, 5.41) is 1.30. The van der Waals surface area contributed by atoms with Crippen LogP contribution in [0.3, 0.4) is 0 Å². The number of hydrogen-bond donors (Lipinski definition) is 0. The maximum Gasteiger partial charge on any atom is 0.00928 e. The third-order valence-electron chi connectivity index (χ3n) is 2.98. The minimum absolute atomic E-state index is 0.509. The number of hydrogen-bond acceptors (Lipinski definition) is 0. The molecule has 0 aliphatic heterocycles. The van der Waals surface area contributed by atoms with Crippen LogP contribution in [0.2, 0.25) is 0 Å². The van der Waals surface area contributed by atoms with Crippen molar-refractivity contribution in [3.05, 3.63) is 65.7 Å². The first-order valence-electron chi connectivity index (χ1n) is 5.72. The third-order valence-corrected chi connectivity index (χ3v) is 3.51. The maximum atomic E-state index is 2.84. The zero-order chi connectivity index (χ0) is 11.4. The van der Waals surface area contributed by atoms with Gasteiger partial charge in [-0.2, -0.15) is 0 Å². The highest BCUT2D eigenvalue weighted by atomic mass is 31.0. The van der Waals surface area contributed by atoms with E-state index in [1.807, 2.05) is 0 Å². The van der Waals surface area contributed by atoms with Crippen molar-refractivity contribution in [3.8, 4) is 0 Å². The lowest BCUT2D eigenvalue weighted by molar-refractivity contribution is 0.782. The standard InChI is InChI=1S/C15H17P/c1-2-13(12-8-4-3-5-9-12)14-10-6-7-11-15(14)16/h3-11,13H,2,16H2,1H3. The largest absolute Gasteiger partial charge is 0.105 e. The van der Waals surface area contributed by atoms with E-state index in [9.17, 15) is 0 Å². The molecule has 0 aliphatic rings. The molecule has 2 aromatic carbocycles. The Morgan fingerprint density at radius 3 is 2.19 bits per heavy atom. The molecule has 16 heavy (non-hydrogen) atoms. The monoisotopic (exact) mass is 228 g/mol. The van der Waals surface area contributed by atoms with E-state index in [-0.39, 0.29) is 0 Å². The Hall–Kier alpha value is -1.13. The lowest BCUT2D eigenvalue weighted by Gasteiger charge is -2.17. The molecule has 0 nitrogen and oxygen atoms in total. The summed E-state index contributed by atoms with van der Waals surface area (Å²) in [6.07, 6.45) is 1.13. The summed E-state index contributed by atoms with van der Waals surface area (Å²) < 4.78 is 0. The molecule has 2 unspecified atom stereocenters. The van der Waals surface area contributed by atoms with E-state index in [2.05, 4.69) is 70.8 Å². The van der Waals surface area contributed by atoms with Crippen LogP contribution >= 0.6 is 9.24 Å². The van der Waals surface area contributed by atoms with E-state index in [1.54, 1.807) is 0 Å². The van der Waals surface area contributed by atoms with Crippen LogP contribution in [0.15, 0.2) is 54.6 Å². The Morgan fingerprint density at radius 2 is 1.56 bits per heavy atom. The maximum absolute atomic E-state index is 2.84. The van der Waals surface area contributed by atoms with Gasteiger partial charge in [0.05, 0.1) is 0 Å². The van der Waals surface area contributed by atoms with Crippen molar-refractivity contribution in [2.45, 2.75) is 19.3 Å². The van der Waals surface area contributed by atoms with Crippen LogP contribution in [-0.4, -0.2) is 0 Å². The first kappa shape index (κ1) is 11.4. The highest BCUT2D eigenvalue weighted by Gasteiger charge is 2.12. The molecule has 2 rings (SSSR count). The summed E-state index contributed by atoms with van der Waals surface area (Å²) in [7, 11) is 2.84. The smallest absolute Gasteiger partial charge is 0.00928 e. The first-order chi connectivity index (χ1) is 7.83. The molecule has 2 aromatic rings. The van der Waals surface area contributed by atoms with Crippen molar-refractivity contribution in [2.24, 2.45) is 0 Å². The van der Waals surface area contributed by atoms with Gasteiger partial charge in [-0.3, -0.25) is 0 Å². The molecule has 0 radical (unpaired) electrons. The van der Waals surface area contributed by atoms with Gasteiger partial charge in [0.25, 0.3) is 0 Å². The summed E-state index contributed by atoms with van der Waals surface area (Å²) in [4.78, 5) is 0. The van der Waals surface area contributed by atoms with Crippen LogP contribution in [0, 0.1) is 0 Å². The zero-order valence-corrected chi connectivity index (χ0v) is 10.7. The topological polar surface area (TPSA) is 0 Å². The van der Waals surface area contributed by atoms with Crippen LogP contribution in [0.4, 0.5) is 0 Å². The quantitative estimate of drug-likeness (QED) is 0.702. The van der Waals surface area contributed by atoms with E-state index in [1.165, 1.54) is 16.4 Å². The van der Waals surface area contributed by atoms with E-state index in [4.69, 9.17) is 0 Å². The molecule has 0 aromatic heterocycles. The molecule has 82 valence electrons. The van der Waals surface area contributed by atoms with Crippen molar-refractivity contribution < 1.29 is 0 Å². The van der Waals surface area contributed by atoms with Gasteiger partial charge in [-0.25, -0.2) is 0 Å². The van der Waals surface area contributed by atoms with Gasteiger partial charge in [0, 0.05) is 5.92 Å². The second kappa shape index (κ2) is 5.27. The van der Waals surface area contributed by atoms with Crippen LogP contribution < -0.4 is 5.30 Å². The van der Waals surface area contributed by atoms with Crippen molar-refractivity contribution in [3.63, 3.8) is 0 Å². The normalized spacial score (nSPS) is 12.4. The van der Waals surface area contributed by atoms with Crippen LogP contribution in [0.25, 0.3) is 0 Å². The molecule has 2 atom stereocenters. The lowest BCUT2D eigenvalue weighted by atomic mass is 9.89. The van der Waals surface area contributed by atoms with Gasteiger partial charge in [-0.1, -0.05) is 61.5 Å². The highest BCUT2D eigenvalue weighted by molar-refractivity contribution is 7.27. The summed E-state index contributed by atoms with van der Waals surface area (Å²) in [6, 6.07) is 19.3. The average molecular weight is 228 g/mol. The van der Waals surface area contributed by atoms with Crippen molar-refractivity contribution in [2.75, 3.05) is 0 Å². The number of benzene rings is 2. The van der Waals surface area contributed by atoms with Gasteiger partial charge in [-0.15, -0.1) is 9.24 Å². The molecule has 0 saturated heterocycles. The van der Waals surface area contributed by atoms with E-state index >= 15 is 0 Å². The Bertz CT molecular complexity index is 448. The lowest BCUT2D eigenvalue weighted by Crippen LogP contribution is -2.08. The molecule has 1 heteroatoms. The molecule has 0 saturated carbocycles. The van der Waals surface area contributed by atoms with Gasteiger partial charge in [-0.05, 0) is 22.9 Å². The molecular weight excluding hydrogens is 211 g/mol. The average Bonchev–Trinajstić information content (AvgIpc) is 2.34.